The van der Waals surface area contributed by atoms with Gasteiger partial charge in [-0.1, -0.05) is 18.2 Å². The first-order valence-corrected chi connectivity index (χ1v) is 8.23. The Morgan fingerprint density at radius 2 is 1.88 bits per heavy atom. The number of pyridine rings is 1. The van der Waals surface area contributed by atoms with Gasteiger partial charge in [0.15, 0.2) is 18.1 Å². The number of rotatable bonds is 8. The van der Waals surface area contributed by atoms with Gasteiger partial charge >= 0.3 is 0 Å². The molecule has 7 nitrogen and oxygen atoms in total. The molecule has 7 heteroatoms. The van der Waals surface area contributed by atoms with Crippen LogP contribution in [0.1, 0.15) is 0 Å². The highest BCUT2D eigenvalue weighted by atomic mass is 16.5. The van der Waals surface area contributed by atoms with Crippen molar-refractivity contribution in [3.63, 3.8) is 0 Å². The molecule has 0 saturated heterocycles. The van der Waals surface area contributed by atoms with Crippen molar-refractivity contribution in [1.82, 2.24) is 20.1 Å². The molecule has 0 aliphatic heterocycles. The van der Waals surface area contributed by atoms with Crippen molar-refractivity contribution in [3.05, 3.63) is 60.9 Å². The summed E-state index contributed by atoms with van der Waals surface area (Å²) >= 11 is 0. The number of hydrogen-bond acceptors (Lipinski definition) is 5. The van der Waals surface area contributed by atoms with Crippen LogP contribution in [-0.2, 0) is 11.3 Å². The van der Waals surface area contributed by atoms with Gasteiger partial charge in [0.05, 0.1) is 19.3 Å². The minimum Gasteiger partial charge on any atom is -0.493 e. The summed E-state index contributed by atoms with van der Waals surface area (Å²) in [7, 11) is 1.56. The molecule has 3 aromatic rings. The highest BCUT2D eigenvalue weighted by Gasteiger charge is 2.07. The number of hydrogen-bond donors (Lipinski definition) is 1. The smallest absolute Gasteiger partial charge is 0.258 e. The van der Waals surface area contributed by atoms with Gasteiger partial charge in [-0.2, -0.15) is 5.10 Å². The standard InChI is InChI=1S/C19H20N4O3/c1-25-17-7-2-3-8-18(17)26-14-19(24)21-11-13-23-12-9-16(22-23)15-6-4-5-10-20-15/h2-10,12H,11,13-14H2,1H3,(H,21,24). The summed E-state index contributed by atoms with van der Waals surface area (Å²) in [5, 5.41) is 7.26. The van der Waals surface area contributed by atoms with Gasteiger partial charge in [0, 0.05) is 18.9 Å². The van der Waals surface area contributed by atoms with Crippen molar-refractivity contribution < 1.29 is 14.3 Å². The molecule has 0 atom stereocenters. The van der Waals surface area contributed by atoms with Crippen LogP contribution in [0, 0.1) is 0 Å². The third-order valence-electron chi connectivity index (χ3n) is 3.66. The summed E-state index contributed by atoms with van der Waals surface area (Å²) in [6.45, 7) is 0.948. The number of nitrogens with zero attached hydrogens (tertiary/aromatic N) is 3. The van der Waals surface area contributed by atoms with E-state index in [9.17, 15) is 4.79 Å². The largest absolute Gasteiger partial charge is 0.493 e. The van der Waals surface area contributed by atoms with Crippen LogP contribution in [0.5, 0.6) is 11.5 Å². The molecule has 2 heterocycles. The first-order valence-electron chi connectivity index (χ1n) is 8.23. The number of carbonyl (C=O) groups excluding carboxylic acids is 1. The topological polar surface area (TPSA) is 78.3 Å². The lowest BCUT2D eigenvalue weighted by Gasteiger charge is -2.10. The van der Waals surface area contributed by atoms with E-state index in [1.54, 1.807) is 30.1 Å². The average Bonchev–Trinajstić information content (AvgIpc) is 3.16. The van der Waals surface area contributed by atoms with Crippen LogP contribution in [0.2, 0.25) is 0 Å². The summed E-state index contributed by atoms with van der Waals surface area (Å²) in [6.07, 6.45) is 3.60. The second-order valence-corrected chi connectivity index (χ2v) is 5.47. The van der Waals surface area contributed by atoms with E-state index in [1.165, 1.54) is 0 Å². The van der Waals surface area contributed by atoms with Gasteiger partial charge in [0.1, 0.15) is 5.69 Å². The number of methoxy groups -OCH3 is 1. The van der Waals surface area contributed by atoms with Gasteiger partial charge in [0.2, 0.25) is 0 Å². The SMILES string of the molecule is COc1ccccc1OCC(=O)NCCn1ccc(-c2ccccn2)n1. The molecule has 1 amide bonds. The second kappa shape index (κ2) is 8.66. The Morgan fingerprint density at radius 1 is 1.08 bits per heavy atom. The van der Waals surface area contributed by atoms with Crippen molar-refractivity contribution in [3.8, 4) is 22.9 Å². The number of amides is 1. The Labute approximate surface area is 151 Å². The minimum absolute atomic E-state index is 0.0708. The van der Waals surface area contributed by atoms with E-state index in [1.807, 2.05) is 42.6 Å². The number of nitrogens with one attached hydrogen (secondary N) is 1. The number of aromatic nitrogens is 3. The van der Waals surface area contributed by atoms with Crippen LogP contribution in [0.3, 0.4) is 0 Å². The molecular weight excluding hydrogens is 332 g/mol. The first-order chi connectivity index (χ1) is 12.8. The summed E-state index contributed by atoms with van der Waals surface area (Å²) in [4.78, 5) is 16.2. The highest BCUT2D eigenvalue weighted by Crippen LogP contribution is 2.25. The van der Waals surface area contributed by atoms with E-state index < -0.39 is 0 Å². The van der Waals surface area contributed by atoms with Crippen molar-refractivity contribution in [2.75, 3.05) is 20.3 Å². The number of carbonyl (C=O) groups is 1. The quantitative estimate of drug-likeness (QED) is 0.672. The van der Waals surface area contributed by atoms with Gasteiger partial charge in [0.25, 0.3) is 5.91 Å². The summed E-state index contributed by atoms with van der Waals surface area (Å²) < 4.78 is 12.4. The Bertz CT molecular complexity index is 849. The maximum absolute atomic E-state index is 11.9. The molecule has 0 spiro atoms. The van der Waals surface area contributed by atoms with Crippen LogP contribution < -0.4 is 14.8 Å². The molecule has 1 N–H and O–H groups in total. The number of ether oxygens (including phenoxy) is 2. The van der Waals surface area contributed by atoms with Crippen molar-refractivity contribution in [1.29, 1.82) is 0 Å². The maximum atomic E-state index is 11.9. The summed E-state index contributed by atoms with van der Waals surface area (Å²) in [6, 6.07) is 14.8. The van der Waals surface area contributed by atoms with E-state index in [2.05, 4.69) is 15.4 Å². The van der Waals surface area contributed by atoms with Crippen LogP contribution in [-0.4, -0.2) is 40.9 Å². The minimum atomic E-state index is -0.201. The first kappa shape index (κ1) is 17.5. The van der Waals surface area contributed by atoms with Gasteiger partial charge in [-0.25, -0.2) is 0 Å². The monoisotopic (exact) mass is 352 g/mol. The normalized spacial score (nSPS) is 10.3. The average molecular weight is 352 g/mol. The Hall–Kier alpha value is -3.35. The van der Waals surface area contributed by atoms with Gasteiger partial charge < -0.3 is 14.8 Å². The van der Waals surface area contributed by atoms with Crippen LogP contribution in [0.15, 0.2) is 60.9 Å². The molecule has 134 valence electrons. The molecule has 0 bridgehead atoms. The lowest BCUT2D eigenvalue weighted by atomic mass is 10.3. The lowest BCUT2D eigenvalue weighted by Crippen LogP contribution is -2.31. The van der Waals surface area contributed by atoms with Gasteiger partial charge in [-0.15, -0.1) is 0 Å². The van der Waals surface area contributed by atoms with E-state index in [0.717, 1.165) is 11.4 Å². The molecule has 0 unspecified atom stereocenters. The molecule has 0 saturated carbocycles. The summed E-state index contributed by atoms with van der Waals surface area (Å²) in [5.74, 6) is 0.934. The number of para-hydroxylation sites is 2. The van der Waals surface area contributed by atoms with Crippen LogP contribution >= 0.6 is 0 Å². The zero-order chi connectivity index (χ0) is 18.2. The number of benzene rings is 1. The Kier molecular flexibility index (Phi) is 5.82. The van der Waals surface area contributed by atoms with Gasteiger partial charge in [-0.3, -0.25) is 14.5 Å². The molecule has 26 heavy (non-hydrogen) atoms. The highest BCUT2D eigenvalue weighted by molar-refractivity contribution is 5.77. The maximum Gasteiger partial charge on any atom is 0.258 e. The van der Waals surface area contributed by atoms with Crippen molar-refractivity contribution in [2.45, 2.75) is 6.54 Å². The molecule has 0 fully saturated rings. The fourth-order valence-corrected chi connectivity index (χ4v) is 2.38. The Balaban J connectivity index is 1.43. The molecule has 2 aromatic heterocycles. The lowest BCUT2D eigenvalue weighted by molar-refractivity contribution is -0.123. The van der Waals surface area contributed by atoms with E-state index in [4.69, 9.17) is 9.47 Å². The zero-order valence-corrected chi connectivity index (χ0v) is 14.5. The molecule has 0 aliphatic carbocycles. The predicted octanol–water partition coefficient (Wildman–Crippen LogP) is 2.15. The molecule has 1 aromatic carbocycles. The van der Waals surface area contributed by atoms with Crippen molar-refractivity contribution in [2.24, 2.45) is 0 Å². The van der Waals surface area contributed by atoms with Crippen molar-refractivity contribution >= 4 is 5.91 Å². The van der Waals surface area contributed by atoms with E-state index in [0.29, 0.717) is 24.6 Å². The molecule has 3 rings (SSSR count). The fraction of sp³-hybridized carbons (Fsp3) is 0.211. The fourth-order valence-electron chi connectivity index (χ4n) is 2.38. The Morgan fingerprint density at radius 3 is 2.65 bits per heavy atom. The third kappa shape index (κ3) is 4.60. The van der Waals surface area contributed by atoms with E-state index >= 15 is 0 Å². The van der Waals surface area contributed by atoms with Crippen LogP contribution in [0.25, 0.3) is 11.4 Å². The predicted molar refractivity (Wildman–Crippen MR) is 97.0 cm³/mol. The third-order valence-corrected chi connectivity index (χ3v) is 3.66. The summed E-state index contributed by atoms with van der Waals surface area (Å²) in [5.41, 5.74) is 1.62. The van der Waals surface area contributed by atoms with E-state index in [-0.39, 0.29) is 12.5 Å². The zero-order valence-electron chi connectivity index (χ0n) is 14.5. The molecule has 0 radical (unpaired) electrons. The van der Waals surface area contributed by atoms with Gasteiger partial charge in [-0.05, 0) is 30.3 Å². The molecular formula is C19H20N4O3. The second-order valence-electron chi connectivity index (χ2n) is 5.47. The molecule has 0 aliphatic rings. The van der Waals surface area contributed by atoms with Crippen LogP contribution in [0.4, 0.5) is 0 Å².